The molecule has 3 rings (SSSR count). The Hall–Kier alpha value is -2.37. The van der Waals surface area contributed by atoms with Gasteiger partial charge in [-0.2, -0.15) is 0 Å². The molecular weight excluding hydrogens is 282 g/mol. The van der Waals surface area contributed by atoms with Gasteiger partial charge in [0.05, 0.1) is 11.3 Å². The molecule has 22 heavy (non-hydrogen) atoms. The summed E-state index contributed by atoms with van der Waals surface area (Å²) < 4.78 is 0. The largest absolute Gasteiger partial charge is 0.347 e. The Balaban J connectivity index is 2.06. The normalized spacial score (nSPS) is 20.5. The third kappa shape index (κ3) is 2.24. The number of nitrogens with zero attached hydrogens (tertiary/aromatic N) is 3. The van der Waals surface area contributed by atoms with Crippen molar-refractivity contribution in [2.24, 2.45) is 0 Å². The second-order valence-corrected chi connectivity index (χ2v) is 5.89. The SMILES string of the molecule is CN(C)C(=O)CN1C(=O)[C@H]2CCCN2C(=O)c2ccccc21. The van der Waals surface area contributed by atoms with Crippen molar-refractivity contribution in [1.29, 1.82) is 0 Å². The van der Waals surface area contributed by atoms with Crippen molar-refractivity contribution in [2.75, 3.05) is 32.1 Å². The first-order valence-corrected chi connectivity index (χ1v) is 7.42. The topological polar surface area (TPSA) is 60.9 Å². The maximum Gasteiger partial charge on any atom is 0.256 e. The predicted octanol–water partition coefficient (Wildman–Crippen LogP) is 0.726. The van der Waals surface area contributed by atoms with E-state index >= 15 is 0 Å². The lowest BCUT2D eigenvalue weighted by atomic mass is 10.1. The van der Waals surface area contributed by atoms with E-state index in [0.717, 1.165) is 6.42 Å². The van der Waals surface area contributed by atoms with Gasteiger partial charge in [-0.1, -0.05) is 12.1 Å². The lowest BCUT2D eigenvalue weighted by Gasteiger charge is -2.26. The molecule has 2 aliphatic rings. The van der Waals surface area contributed by atoms with Gasteiger partial charge in [0.2, 0.25) is 11.8 Å². The van der Waals surface area contributed by atoms with Crippen LogP contribution >= 0.6 is 0 Å². The standard InChI is InChI=1S/C16H19N3O3/c1-17(2)14(20)10-19-12-7-4-3-6-11(12)15(21)18-9-5-8-13(18)16(19)22/h3-4,6-7,13H,5,8-10H2,1-2H3/t13-/m1/s1. The molecule has 1 atom stereocenters. The quantitative estimate of drug-likeness (QED) is 0.809. The van der Waals surface area contributed by atoms with Crippen LogP contribution in [0, 0.1) is 0 Å². The molecule has 6 nitrogen and oxygen atoms in total. The Morgan fingerprint density at radius 1 is 1.27 bits per heavy atom. The lowest BCUT2D eigenvalue weighted by molar-refractivity contribution is -0.130. The number of carbonyl (C=O) groups excluding carboxylic acids is 3. The molecular formula is C16H19N3O3. The molecule has 0 N–H and O–H groups in total. The Bertz CT molecular complexity index is 641. The third-order valence-electron chi connectivity index (χ3n) is 4.28. The number of hydrogen-bond acceptors (Lipinski definition) is 3. The Kier molecular flexibility index (Phi) is 3.60. The molecule has 116 valence electrons. The van der Waals surface area contributed by atoms with Crippen molar-refractivity contribution in [2.45, 2.75) is 18.9 Å². The van der Waals surface area contributed by atoms with Crippen LogP contribution in [-0.4, -0.2) is 60.7 Å². The molecule has 0 radical (unpaired) electrons. The molecule has 2 heterocycles. The Morgan fingerprint density at radius 2 is 2.00 bits per heavy atom. The van der Waals surface area contributed by atoms with Gasteiger partial charge in [-0.05, 0) is 25.0 Å². The van der Waals surface area contributed by atoms with Crippen molar-refractivity contribution in [3.05, 3.63) is 29.8 Å². The van der Waals surface area contributed by atoms with Gasteiger partial charge in [0.25, 0.3) is 5.91 Å². The third-order valence-corrected chi connectivity index (χ3v) is 4.28. The van der Waals surface area contributed by atoms with E-state index < -0.39 is 6.04 Å². The van der Waals surface area contributed by atoms with E-state index in [9.17, 15) is 14.4 Å². The molecule has 2 aliphatic heterocycles. The fraction of sp³-hybridized carbons (Fsp3) is 0.438. The first-order chi connectivity index (χ1) is 10.5. The van der Waals surface area contributed by atoms with Crippen molar-refractivity contribution < 1.29 is 14.4 Å². The number of carbonyl (C=O) groups is 3. The fourth-order valence-electron chi connectivity index (χ4n) is 3.05. The minimum absolute atomic E-state index is 0.0412. The van der Waals surface area contributed by atoms with E-state index in [1.807, 2.05) is 0 Å². The molecule has 0 unspecified atom stereocenters. The van der Waals surface area contributed by atoms with Gasteiger partial charge in [-0.15, -0.1) is 0 Å². The number of anilines is 1. The predicted molar refractivity (Wildman–Crippen MR) is 81.5 cm³/mol. The molecule has 0 saturated carbocycles. The molecule has 0 spiro atoms. The average molecular weight is 301 g/mol. The maximum atomic E-state index is 12.9. The van der Waals surface area contributed by atoms with Gasteiger partial charge >= 0.3 is 0 Å². The summed E-state index contributed by atoms with van der Waals surface area (Å²) in [5.74, 6) is -0.445. The van der Waals surface area contributed by atoms with E-state index in [2.05, 4.69) is 0 Å². The number of likely N-dealkylation sites (N-methyl/N-ethyl adjacent to an activating group) is 1. The summed E-state index contributed by atoms with van der Waals surface area (Å²) >= 11 is 0. The second kappa shape index (κ2) is 5.44. The maximum absolute atomic E-state index is 12.9. The molecule has 6 heteroatoms. The first kappa shape index (κ1) is 14.6. The molecule has 0 bridgehead atoms. The van der Waals surface area contributed by atoms with Crippen LogP contribution in [-0.2, 0) is 9.59 Å². The van der Waals surface area contributed by atoms with Crippen molar-refractivity contribution >= 4 is 23.4 Å². The summed E-state index contributed by atoms with van der Waals surface area (Å²) in [6.07, 6.45) is 1.48. The number of fused-ring (bicyclic) bond motifs is 2. The molecule has 1 fully saturated rings. The molecule has 3 amide bonds. The zero-order chi connectivity index (χ0) is 15.9. The fourth-order valence-corrected chi connectivity index (χ4v) is 3.05. The van der Waals surface area contributed by atoms with E-state index in [1.54, 1.807) is 43.3 Å². The zero-order valence-electron chi connectivity index (χ0n) is 12.8. The highest BCUT2D eigenvalue weighted by Crippen LogP contribution is 2.32. The highest BCUT2D eigenvalue weighted by molar-refractivity contribution is 6.12. The van der Waals surface area contributed by atoms with Crippen LogP contribution in [0.2, 0.25) is 0 Å². The molecule has 0 aliphatic carbocycles. The number of rotatable bonds is 2. The van der Waals surface area contributed by atoms with Crippen molar-refractivity contribution in [3.63, 3.8) is 0 Å². The minimum atomic E-state index is -0.449. The minimum Gasteiger partial charge on any atom is -0.347 e. The Morgan fingerprint density at radius 3 is 2.73 bits per heavy atom. The Labute approximate surface area is 129 Å². The van der Waals surface area contributed by atoms with Gasteiger partial charge in [0.15, 0.2) is 0 Å². The highest BCUT2D eigenvalue weighted by Gasteiger charge is 2.42. The molecule has 1 aromatic rings. The van der Waals surface area contributed by atoms with Crippen molar-refractivity contribution in [1.82, 2.24) is 9.80 Å². The van der Waals surface area contributed by atoms with Crippen LogP contribution < -0.4 is 4.90 Å². The summed E-state index contributed by atoms with van der Waals surface area (Å²) in [6, 6.07) is 6.57. The van der Waals surface area contributed by atoms with Gasteiger partial charge in [-0.3, -0.25) is 14.4 Å². The number of amides is 3. The van der Waals surface area contributed by atoms with Crippen LogP contribution in [0.1, 0.15) is 23.2 Å². The summed E-state index contributed by atoms with van der Waals surface area (Å²) in [5.41, 5.74) is 1.02. The second-order valence-electron chi connectivity index (χ2n) is 5.89. The summed E-state index contributed by atoms with van der Waals surface area (Å²) in [5, 5.41) is 0. The summed E-state index contributed by atoms with van der Waals surface area (Å²) in [4.78, 5) is 42.2. The van der Waals surface area contributed by atoms with E-state index in [4.69, 9.17) is 0 Å². The average Bonchev–Trinajstić information content (AvgIpc) is 2.97. The number of hydrogen-bond donors (Lipinski definition) is 0. The number of benzene rings is 1. The van der Waals surface area contributed by atoms with E-state index in [0.29, 0.717) is 24.2 Å². The summed E-state index contributed by atoms with van der Waals surface area (Å²) in [7, 11) is 3.31. The van der Waals surface area contributed by atoms with Gasteiger partial charge < -0.3 is 14.7 Å². The van der Waals surface area contributed by atoms with E-state index in [-0.39, 0.29) is 24.3 Å². The van der Waals surface area contributed by atoms with Gasteiger partial charge in [-0.25, -0.2) is 0 Å². The molecule has 1 aromatic carbocycles. The van der Waals surface area contributed by atoms with Crippen molar-refractivity contribution in [3.8, 4) is 0 Å². The zero-order valence-corrected chi connectivity index (χ0v) is 12.8. The molecule has 0 aromatic heterocycles. The van der Waals surface area contributed by atoms with Gasteiger partial charge in [0, 0.05) is 20.6 Å². The van der Waals surface area contributed by atoms with Crippen LogP contribution in [0.3, 0.4) is 0 Å². The first-order valence-electron chi connectivity index (χ1n) is 7.42. The summed E-state index contributed by atoms with van der Waals surface area (Å²) in [6.45, 7) is 0.555. The highest BCUT2D eigenvalue weighted by atomic mass is 16.2. The number of para-hydroxylation sites is 1. The van der Waals surface area contributed by atoms with E-state index in [1.165, 1.54) is 9.80 Å². The van der Waals surface area contributed by atoms with Crippen LogP contribution in [0.25, 0.3) is 0 Å². The van der Waals surface area contributed by atoms with Gasteiger partial charge in [0.1, 0.15) is 12.6 Å². The van der Waals surface area contributed by atoms with Crippen LogP contribution in [0.4, 0.5) is 5.69 Å². The smallest absolute Gasteiger partial charge is 0.256 e. The van der Waals surface area contributed by atoms with Crippen LogP contribution in [0.15, 0.2) is 24.3 Å². The lowest BCUT2D eigenvalue weighted by Crippen LogP contribution is -2.47. The van der Waals surface area contributed by atoms with Crippen LogP contribution in [0.5, 0.6) is 0 Å². The monoisotopic (exact) mass is 301 g/mol. The molecule has 1 saturated heterocycles.